The van der Waals surface area contributed by atoms with Gasteiger partial charge in [0.15, 0.2) is 0 Å². The van der Waals surface area contributed by atoms with Crippen molar-refractivity contribution in [3.63, 3.8) is 0 Å². The van der Waals surface area contributed by atoms with Gasteiger partial charge in [0.1, 0.15) is 5.82 Å². The first kappa shape index (κ1) is 11.3. The summed E-state index contributed by atoms with van der Waals surface area (Å²) in [5.41, 5.74) is 3.44. The molecule has 1 heterocycles. The molecule has 3 rings (SSSR count). The third kappa shape index (κ3) is 1.68. The fourth-order valence-corrected chi connectivity index (χ4v) is 2.62. The molecular formula is C14H15FN2O. The molecule has 1 aromatic carbocycles. The number of fused-ring (bicyclic) bond motifs is 1. The number of hydrogen-bond donors (Lipinski definition) is 1. The second-order valence-electron chi connectivity index (χ2n) is 4.85. The second-order valence-corrected chi connectivity index (χ2v) is 4.85. The van der Waals surface area contributed by atoms with Gasteiger partial charge >= 0.3 is 0 Å². The van der Waals surface area contributed by atoms with Crippen molar-refractivity contribution in [2.24, 2.45) is 0 Å². The van der Waals surface area contributed by atoms with Crippen LogP contribution in [0.3, 0.4) is 0 Å². The van der Waals surface area contributed by atoms with Crippen molar-refractivity contribution in [1.29, 1.82) is 0 Å². The van der Waals surface area contributed by atoms with Crippen molar-refractivity contribution in [2.75, 3.05) is 0 Å². The lowest BCUT2D eigenvalue weighted by molar-refractivity contribution is 0.625. The lowest BCUT2D eigenvalue weighted by atomic mass is 9.98. The van der Waals surface area contributed by atoms with Crippen LogP contribution < -0.4 is 5.56 Å². The molecule has 1 aromatic heterocycles. The molecule has 0 fully saturated rings. The molecule has 4 heteroatoms. The maximum Gasteiger partial charge on any atom is 0.274 e. The Bertz CT molecular complexity index is 654. The molecule has 0 unspecified atom stereocenters. The van der Waals surface area contributed by atoms with Gasteiger partial charge in [0.2, 0.25) is 0 Å². The van der Waals surface area contributed by atoms with Gasteiger partial charge in [-0.05, 0) is 56.4 Å². The third-order valence-corrected chi connectivity index (χ3v) is 3.58. The maximum atomic E-state index is 13.1. The first-order chi connectivity index (χ1) is 8.66. The van der Waals surface area contributed by atoms with Crippen LogP contribution in [0.5, 0.6) is 0 Å². The maximum absolute atomic E-state index is 13.1. The highest BCUT2D eigenvalue weighted by molar-refractivity contribution is 5.41. The molecular weight excluding hydrogens is 231 g/mol. The van der Waals surface area contributed by atoms with Crippen molar-refractivity contribution in [3.05, 3.63) is 51.2 Å². The van der Waals surface area contributed by atoms with Gasteiger partial charge in [0.25, 0.3) is 5.56 Å². The SMILES string of the molecule is Cc1cc(F)ccc1-n1[nH]c2c(c1=O)CCCC2. The predicted molar refractivity (Wildman–Crippen MR) is 67.7 cm³/mol. The number of hydrogen-bond acceptors (Lipinski definition) is 1. The molecule has 0 amide bonds. The Morgan fingerprint density at radius 2 is 2.06 bits per heavy atom. The van der Waals surface area contributed by atoms with Crippen molar-refractivity contribution in [2.45, 2.75) is 32.6 Å². The molecule has 2 aromatic rings. The van der Waals surface area contributed by atoms with Crippen LogP contribution >= 0.6 is 0 Å². The fraction of sp³-hybridized carbons (Fsp3) is 0.357. The number of halogens is 1. The topological polar surface area (TPSA) is 37.8 Å². The van der Waals surface area contributed by atoms with Crippen LogP contribution in [0, 0.1) is 12.7 Å². The van der Waals surface area contributed by atoms with Gasteiger partial charge in [-0.2, -0.15) is 0 Å². The Labute approximate surface area is 104 Å². The molecule has 3 nitrogen and oxygen atoms in total. The van der Waals surface area contributed by atoms with E-state index < -0.39 is 0 Å². The lowest BCUT2D eigenvalue weighted by Gasteiger charge is -2.07. The summed E-state index contributed by atoms with van der Waals surface area (Å²) in [6.07, 6.45) is 3.97. The third-order valence-electron chi connectivity index (χ3n) is 3.58. The molecule has 0 aliphatic heterocycles. The van der Waals surface area contributed by atoms with E-state index >= 15 is 0 Å². The van der Waals surface area contributed by atoms with E-state index in [9.17, 15) is 9.18 Å². The predicted octanol–water partition coefficient (Wildman–Crippen LogP) is 2.49. The minimum Gasteiger partial charge on any atom is -0.295 e. The number of H-pyrrole nitrogens is 1. The number of nitrogens with zero attached hydrogens (tertiary/aromatic N) is 1. The van der Waals surface area contributed by atoms with Gasteiger partial charge < -0.3 is 0 Å². The van der Waals surface area contributed by atoms with Crippen LogP contribution in [0.2, 0.25) is 0 Å². The minimum absolute atomic E-state index is 0.0133. The monoisotopic (exact) mass is 246 g/mol. The van der Waals surface area contributed by atoms with Crippen LogP contribution in [0.25, 0.3) is 5.69 Å². The van der Waals surface area contributed by atoms with Gasteiger partial charge in [-0.15, -0.1) is 0 Å². The summed E-state index contributed by atoms with van der Waals surface area (Å²) in [6.45, 7) is 1.81. The van der Waals surface area contributed by atoms with Gasteiger partial charge in [-0.3, -0.25) is 9.89 Å². The first-order valence-electron chi connectivity index (χ1n) is 6.26. The van der Waals surface area contributed by atoms with Crippen LogP contribution in [0.4, 0.5) is 4.39 Å². The van der Waals surface area contributed by atoms with Crippen LogP contribution in [-0.2, 0) is 12.8 Å². The average Bonchev–Trinajstić information content (AvgIpc) is 2.68. The lowest BCUT2D eigenvalue weighted by Crippen LogP contribution is -2.18. The summed E-state index contributed by atoms with van der Waals surface area (Å²) in [6, 6.07) is 4.48. The van der Waals surface area contributed by atoms with E-state index in [2.05, 4.69) is 5.10 Å². The number of aromatic nitrogens is 2. The highest BCUT2D eigenvalue weighted by Crippen LogP contribution is 2.19. The Morgan fingerprint density at radius 1 is 1.28 bits per heavy atom. The molecule has 0 radical (unpaired) electrons. The zero-order valence-corrected chi connectivity index (χ0v) is 10.3. The van der Waals surface area contributed by atoms with Crippen LogP contribution in [-0.4, -0.2) is 9.78 Å². The molecule has 1 N–H and O–H groups in total. The van der Waals surface area contributed by atoms with Gasteiger partial charge in [-0.1, -0.05) is 0 Å². The summed E-state index contributed by atoms with van der Waals surface area (Å²) in [5, 5.41) is 3.16. The summed E-state index contributed by atoms with van der Waals surface area (Å²) in [5.74, 6) is -0.277. The standard InChI is InChI=1S/C14H15FN2O/c1-9-8-10(15)6-7-13(9)17-14(18)11-4-2-3-5-12(11)16-17/h6-8,16H,2-5H2,1H3. The first-order valence-corrected chi connectivity index (χ1v) is 6.26. The number of aryl methyl sites for hydroxylation is 2. The average molecular weight is 246 g/mol. The molecule has 0 saturated carbocycles. The van der Waals surface area contributed by atoms with Gasteiger partial charge in [0, 0.05) is 11.3 Å². The zero-order chi connectivity index (χ0) is 12.7. The van der Waals surface area contributed by atoms with Crippen LogP contribution in [0.15, 0.2) is 23.0 Å². The van der Waals surface area contributed by atoms with E-state index in [1.165, 1.54) is 12.1 Å². The van der Waals surface area contributed by atoms with Gasteiger partial charge in [0.05, 0.1) is 5.69 Å². The molecule has 0 spiro atoms. The highest BCUT2D eigenvalue weighted by atomic mass is 19.1. The van der Waals surface area contributed by atoms with E-state index in [4.69, 9.17) is 0 Å². The Kier molecular flexibility index (Phi) is 2.58. The van der Waals surface area contributed by atoms with Crippen molar-refractivity contribution >= 4 is 0 Å². The number of aromatic amines is 1. The van der Waals surface area contributed by atoms with E-state index in [-0.39, 0.29) is 11.4 Å². The fourth-order valence-electron chi connectivity index (χ4n) is 2.62. The number of nitrogens with one attached hydrogen (secondary N) is 1. The van der Waals surface area contributed by atoms with E-state index in [0.717, 1.165) is 48.2 Å². The second kappa shape index (κ2) is 4.12. The normalized spacial score (nSPS) is 14.6. The molecule has 0 atom stereocenters. The van der Waals surface area contributed by atoms with Crippen molar-refractivity contribution in [3.8, 4) is 5.69 Å². The molecule has 0 bridgehead atoms. The Hall–Kier alpha value is -1.84. The van der Waals surface area contributed by atoms with Crippen LogP contribution in [0.1, 0.15) is 29.7 Å². The highest BCUT2D eigenvalue weighted by Gasteiger charge is 2.18. The van der Waals surface area contributed by atoms with Gasteiger partial charge in [-0.25, -0.2) is 9.07 Å². The molecule has 18 heavy (non-hydrogen) atoms. The quantitative estimate of drug-likeness (QED) is 0.824. The summed E-state index contributed by atoms with van der Waals surface area (Å²) in [7, 11) is 0. The largest absolute Gasteiger partial charge is 0.295 e. The van der Waals surface area contributed by atoms with Crippen molar-refractivity contribution in [1.82, 2.24) is 9.78 Å². The number of rotatable bonds is 1. The van der Waals surface area contributed by atoms with E-state index in [0.29, 0.717) is 0 Å². The molecule has 1 aliphatic rings. The summed E-state index contributed by atoms with van der Waals surface area (Å²) < 4.78 is 14.6. The summed E-state index contributed by atoms with van der Waals surface area (Å²) >= 11 is 0. The Morgan fingerprint density at radius 3 is 2.78 bits per heavy atom. The number of benzene rings is 1. The molecule has 0 saturated heterocycles. The van der Waals surface area contributed by atoms with E-state index in [1.807, 2.05) is 6.92 Å². The smallest absolute Gasteiger partial charge is 0.274 e. The minimum atomic E-state index is -0.277. The van der Waals surface area contributed by atoms with Crippen molar-refractivity contribution < 1.29 is 4.39 Å². The zero-order valence-electron chi connectivity index (χ0n) is 10.3. The molecule has 1 aliphatic carbocycles. The molecule has 94 valence electrons. The Balaban J connectivity index is 2.17. The summed E-state index contributed by atoms with van der Waals surface area (Å²) in [4.78, 5) is 12.3. The van der Waals surface area contributed by atoms with E-state index in [1.54, 1.807) is 10.7 Å².